The van der Waals surface area contributed by atoms with Gasteiger partial charge in [-0.3, -0.25) is 4.79 Å². The van der Waals surface area contributed by atoms with E-state index in [1.807, 2.05) is 38.1 Å². The number of nitrogens with zero attached hydrogens (tertiary/aromatic N) is 1. The smallest absolute Gasteiger partial charge is 0.262 e. The van der Waals surface area contributed by atoms with Crippen molar-refractivity contribution in [3.8, 4) is 17.6 Å². The Labute approximate surface area is 141 Å². The number of nitrogens with one attached hydrogen (secondary N) is 1. The summed E-state index contributed by atoms with van der Waals surface area (Å²) in [4.78, 5) is 12.0. The monoisotopic (exact) mass is 324 g/mol. The summed E-state index contributed by atoms with van der Waals surface area (Å²) in [5.41, 5.74) is 1.26. The molecule has 124 valence electrons. The van der Waals surface area contributed by atoms with Gasteiger partial charge in [0, 0.05) is 12.1 Å². The summed E-state index contributed by atoms with van der Waals surface area (Å²) in [6.07, 6.45) is 9.93. The highest BCUT2D eigenvalue weighted by Gasteiger charge is 2.07. The Balaban J connectivity index is 2.80. The largest absolute Gasteiger partial charge is 0.508 e. The van der Waals surface area contributed by atoms with E-state index in [9.17, 15) is 15.0 Å². The van der Waals surface area contributed by atoms with Crippen LogP contribution in [-0.4, -0.2) is 22.7 Å². The molecule has 0 aliphatic heterocycles. The van der Waals surface area contributed by atoms with E-state index in [0.717, 1.165) is 5.57 Å². The predicted molar refractivity (Wildman–Crippen MR) is 94.1 cm³/mol. The van der Waals surface area contributed by atoms with Gasteiger partial charge in [0.1, 0.15) is 23.1 Å². The van der Waals surface area contributed by atoms with E-state index in [-0.39, 0.29) is 17.1 Å². The molecule has 1 aromatic carbocycles. The van der Waals surface area contributed by atoms with E-state index in [4.69, 9.17) is 5.26 Å². The van der Waals surface area contributed by atoms with Crippen molar-refractivity contribution >= 4 is 12.0 Å². The van der Waals surface area contributed by atoms with Gasteiger partial charge in [-0.25, -0.2) is 0 Å². The van der Waals surface area contributed by atoms with Crippen molar-refractivity contribution < 1.29 is 15.0 Å². The van der Waals surface area contributed by atoms with Gasteiger partial charge < -0.3 is 15.5 Å². The first-order chi connectivity index (χ1) is 11.5. The first-order valence-corrected chi connectivity index (χ1v) is 7.38. The van der Waals surface area contributed by atoms with Gasteiger partial charge in [-0.05, 0) is 43.7 Å². The highest BCUT2D eigenvalue weighted by atomic mass is 16.3. The second-order valence-electron chi connectivity index (χ2n) is 4.84. The number of phenols is 2. The second kappa shape index (κ2) is 9.70. The van der Waals surface area contributed by atoms with E-state index in [1.165, 1.54) is 36.4 Å². The average molecular weight is 324 g/mol. The molecule has 0 bridgehead atoms. The van der Waals surface area contributed by atoms with Crippen LogP contribution in [0.3, 0.4) is 0 Å². The van der Waals surface area contributed by atoms with Crippen molar-refractivity contribution in [2.24, 2.45) is 0 Å². The minimum Gasteiger partial charge on any atom is -0.508 e. The molecule has 0 spiro atoms. The molecule has 0 radical (unpaired) electrons. The van der Waals surface area contributed by atoms with Crippen LogP contribution >= 0.6 is 0 Å². The highest BCUT2D eigenvalue weighted by molar-refractivity contribution is 5.97. The molecular formula is C19H20N2O3. The maximum absolute atomic E-state index is 12.0. The van der Waals surface area contributed by atoms with Crippen LogP contribution in [-0.2, 0) is 4.79 Å². The molecule has 5 nitrogen and oxygen atoms in total. The topological polar surface area (TPSA) is 93.4 Å². The summed E-state index contributed by atoms with van der Waals surface area (Å²) in [6.45, 7) is 4.08. The summed E-state index contributed by atoms with van der Waals surface area (Å²) >= 11 is 0. The number of carbonyl (C=O) groups excluding carboxylic acids is 1. The first-order valence-electron chi connectivity index (χ1n) is 7.38. The van der Waals surface area contributed by atoms with E-state index >= 15 is 0 Å². The van der Waals surface area contributed by atoms with Crippen molar-refractivity contribution in [3.63, 3.8) is 0 Å². The van der Waals surface area contributed by atoms with Gasteiger partial charge >= 0.3 is 0 Å². The molecule has 0 saturated carbocycles. The number of carbonyl (C=O) groups is 1. The van der Waals surface area contributed by atoms with Crippen LogP contribution in [0, 0.1) is 11.3 Å². The second-order valence-corrected chi connectivity index (χ2v) is 4.84. The molecule has 0 atom stereocenters. The standard InChI is InChI=1S/C19H20N2O3/c1-3-6-14(4-2)13-21-19(24)16(12-20)8-5-7-15-11-17(22)9-10-18(15)23/h3-11,22-23H,13H2,1-2H3,(H,21,24)/b6-3-,7-5+,14-4+,16-8+. The summed E-state index contributed by atoms with van der Waals surface area (Å²) in [5, 5.41) is 30.8. The highest BCUT2D eigenvalue weighted by Crippen LogP contribution is 2.23. The van der Waals surface area contributed by atoms with Gasteiger partial charge in [-0.1, -0.05) is 30.4 Å². The maximum Gasteiger partial charge on any atom is 0.262 e. The van der Waals surface area contributed by atoms with Crippen LogP contribution in [0.4, 0.5) is 0 Å². The normalized spacial score (nSPS) is 12.5. The average Bonchev–Trinajstić information content (AvgIpc) is 2.58. The fourth-order valence-electron chi connectivity index (χ4n) is 1.84. The molecule has 1 amide bonds. The van der Waals surface area contributed by atoms with Gasteiger partial charge in [0.05, 0.1) is 0 Å². The Hall–Kier alpha value is -3.26. The van der Waals surface area contributed by atoms with E-state index < -0.39 is 5.91 Å². The SMILES string of the molecule is C/C=C\C(=C/C)CNC(=O)/C(C#N)=C/C=C/c1cc(O)ccc1O. The summed E-state index contributed by atoms with van der Waals surface area (Å²) in [7, 11) is 0. The van der Waals surface area contributed by atoms with E-state index in [1.54, 1.807) is 0 Å². The number of benzene rings is 1. The zero-order chi connectivity index (χ0) is 17.9. The molecule has 0 fully saturated rings. The molecule has 0 unspecified atom stereocenters. The molecule has 24 heavy (non-hydrogen) atoms. The summed E-state index contributed by atoms with van der Waals surface area (Å²) in [5.74, 6) is -0.479. The molecule has 0 aromatic heterocycles. The van der Waals surface area contributed by atoms with Crippen molar-refractivity contribution in [3.05, 3.63) is 65.3 Å². The van der Waals surface area contributed by atoms with Gasteiger partial charge in [0.25, 0.3) is 5.91 Å². The third kappa shape index (κ3) is 5.85. The van der Waals surface area contributed by atoms with Crippen LogP contribution in [0.5, 0.6) is 11.5 Å². The van der Waals surface area contributed by atoms with Crippen LogP contribution in [0.1, 0.15) is 19.4 Å². The zero-order valence-electron chi connectivity index (χ0n) is 13.7. The van der Waals surface area contributed by atoms with Gasteiger partial charge in [0.2, 0.25) is 0 Å². The van der Waals surface area contributed by atoms with Crippen LogP contribution in [0.2, 0.25) is 0 Å². The minimum atomic E-state index is -0.480. The molecule has 3 N–H and O–H groups in total. The number of rotatable bonds is 6. The van der Waals surface area contributed by atoms with Crippen molar-refractivity contribution in [1.29, 1.82) is 5.26 Å². The number of amides is 1. The zero-order valence-corrected chi connectivity index (χ0v) is 13.7. The van der Waals surface area contributed by atoms with Crippen molar-refractivity contribution in [2.75, 3.05) is 6.54 Å². The third-order valence-corrected chi connectivity index (χ3v) is 3.12. The van der Waals surface area contributed by atoms with Gasteiger partial charge in [0.15, 0.2) is 0 Å². The van der Waals surface area contributed by atoms with E-state index in [0.29, 0.717) is 12.1 Å². The number of hydrogen-bond acceptors (Lipinski definition) is 4. The maximum atomic E-state index is 12.0. The Morgan fingerprint density at radius 2 is 2.08 bits per heavy atom. The lowest BCUT2D eigenvalue weighted by Crippen LogP contribution is -2.26. The van der Waals surface area contributed by atoms with E-state index in [2.05, 4.69) is 5.32 Å². The molecular weight excluding hydrogens is 304 g/mol. The molecule has 0 heterocycles. The number of phenolic OH excluding ortho intramolecular Hbond substituents is 2. The molecule has 1 aromatic rings. The fourth-order valence-corrected chi connectivity index (χ4v) is 1.84. The van der Waals surface area contributed by atoms with Crippen molar-refractivity contribution in [1.82, 2.24) is 5.32 Å². The Morgan fingerprint density at radius 3 is 2.71 bits per heavy atom. The molecule has 0 aliphatic rings. The molecule has 0 aliphatic carbocycles. The number of hydrogen-bond donors (Lipinski definition) is 3. The minimum absolute atomic E-state index is 0.00973. The van der Waals surface area contributed by atoms with Crippen LogP contribution < -0.4 is 5.32 Å². The number of allylic oxidation sites excluding steroid dienone is 4. The van der Waals surface area contributed by atoms with Crippen LogP contribution in [0.15, 0.2) is 59.7 Å². The third-order valence-electron chi connectivity index (χ3n) is 3.12. The summed E-state index contributed by atoms with van der Waals surface area (Å²) in [6, 6.07) is 5.93. The quantitative estimate of drug-likeness (QED) is 0.324. The Bertz CT molecular complexity index is 750. The lowest BCUT2D eigenvalue weighted by molar-refractivity contribution is -0.116. The molecule has 5 heteroatoms. The molecule has 0 saturated heterocycles. The first kappa shape index (κ1) is 18.8. The van der Waals surface area contributed by atoms with Gasteiger partial charge in [-0.2, -0.15) is 5.26 Å². The van der Waals surface area contributed by atoms with Crippen molar-refractivity contribution in [2.45, 2.75) is 13.8 Å². The summed E-state index contributed by atoms with van der Waals surface area (Å²) < 4.78 is 0. The van der Waals surface area contributed by atoms with Crippen LogP contribution in [0.25, 0.3) is 6.08 Å². The van der Waals surface area contributed by atoms with Gasteiger partial charge in [-0.15, -0.1) is 0 Å². The lowest BCUT2D eigenvalue weighted by Gasteiger charge is -2.04. The fraction of sp³-hybridized carbons (Fsp3) is 0.158. The lowest BCUT2D eigenvalue weighted by atomic mass is 10.1. The Kier molecular flexibility index (Phi) is 7.59. The number of nitriles is 1. The Morgan fingerprint density at radius 1 is 1.33 bits per heavy atom. The number of aromatic hydroxyl groups is 2. The predicted octanol–water partition coefficient (Wildman–Crippen LogP) is 3.20. The molecule has 1 rings (SSSR count).